The predicted molar refractivity (Wildman–Crippen MR) is 79.0 cm³/mol. The second-order valence-corrected chi connectivity index (χ2v) is 6.56. The summed E-state index contributed by atoms with van der Waals surface area (Å²) in [5.41, 5.74) is 0.498. The van der Waals surface area contributed by atoms with Gasteiger partial charge in [0.15, 0.2) is 0 Å². The van der Waals surface area contributed by atoms with E-state index in [1.807, 2.05) is 0 Å². The third-order valence-corrected chi connectivity index (χ3v) is 5.29. The summed E-state index contributed by atoms with van der Waals surface area (Å²) in [6, 6.07) is 1.49. The normalized spacial score (nSPS) is 30.5. The van der Waals surface area contributed by atoms with Crippen LogP contribution in [0.5, 0.6) is 0 Å². The minimum absolute atomic E-state index is 0.498. The molecule has 2 nitrogen and oxygen atoms in total. The molecule has 0 amide bonds. The van der Waals surface area contributed by atoms with Crippen LogP contribution in [0.4, 0.5) is 0 Å². The van der Waals surface area contributed by atoms with Crippen LogP contribution in [0, 0.1) is 0 Å². The lowest BCUT2D eigenvalue weighted by molar-refractivity contribution is -0.0200. The number of nitrogens with one attached hydrogen (secondary N) is 1. The molecule has 2 fully saturated rings. The predicted octanol–water partition coefficient (Wildman–Crippen LogP) is 3.56. The first kappa shape index (κ1) is 14.3. The molecule has 2 atom stereocenters. The molecule has 0 aromatic rings. The van der Waals surface area contributed by atoms with Gasteiger partial charge in [-0.3, -0.25) is 4.90 Å². The molecule has 2 heteroatoms. The molecule has 1 saturated carbocycles. The average molecular weight is 252 g/mol. The lowest BCUT2D eigenvalue weighted by atomic mass is 9.77. The Balaban J connectivity index is 2.08. The maximum absolute atomic E-state index is 3.85. The standard InChI is InChI=1S/C16H32N2/c1-4-9-15-12-18(14(3)5-2)16(13-17-15)10-7-6-8-11-16/h14-15,17H,4-13H2,1-3H3. The molecule has 2 aliphatic rings. The van der Waals surface area contributed by atoms with Gasteiger partial charge in [0.25, 0.3) is 0 Å². The largest absolute Gasteiger partial charge is 0.311 e. The van der Waals surface area contributed by atoms with Crippen molar-refractivity contribution in [3.8, 4) is 0 Å². The van der Waals surface area contributed by atoms with Gasteiger partial charge in [-0.05, 0) is 32.6 Å². The summed E-state index contributed by atoms with van der Waals surface area (Å²) in [5.74, 6) is 0. The van der Waals surface area contributed by atoms with E-state index in [1.165, 1.54) is 64.5 Å². The zero-order valence-corrected chi connectivity index (χ0v) is 12.7. The Hall–Kier alpha value is -0.0800. The van der Waals surface area contributed by atoms with Gasteiger partial charge in [0.2, 0.25) is 0 Å². The van der Waals surface area contributed by atoms with Crippen LogP contribution in [0.1, 0.15) is 72.1 Å². The molecule has 1 spiro atoms. The number of rotatable bonds is 4. The highest BCUT2D eigenvalue weighted by Gasteiger charge is 2.43. The van der Waals surface area contributed by atoms with Crippen molar-refractivity contribution in [2.75, 3.05) is 13.1 Å². The van der Waals surface area contributed by atoms with Gasteiger partial charge in [-0.15, -0.1) is 0 Å². The number of hydrogen-bond donors (Lipinski definition) is 1. The van der Waals surface area contributed by atoms with Crippen molar-refractivity contribution < 1.29 is 0 Å². The van der Waals surface area contributed by atoms with Crippen molar-refractivity contribution in [1.29, 1.82) is 0 Å². The second kappa shape index (κ2) is 6.38. The number of hydrogen-bond acceptors (Lipinski definition) is 2. The molecule has 18 heavy (non-hydrogen) atoms. The van der Waals surface area contributed by atoms with Crippen LogP contribution in [0.15, 0.2) is 0 Å². The van der Waals surface area contributed by atoms with E-state index in [4.69, 9.17) is 0 Å². The highest BCUT2D eigenvalue weighted by Crippen LogP contribution is 2.37. The average Bonchev–Trinajstić information content (AvgIpc) is 2.41. The van der Waals surface area contributed by atoms with Crippen molar-refractivity contribution in [1.82, 2.24) is 10.2 Å². The fourth-order valence-corrected chi connectivity index (χ4v) is 4.02. The Kier molecular flexibility index (Phi) is 5.08. The lowest BCUT2D eigenvalue weighted by Crippen LogP contribution is -2.67. The Morgan fingerprint density at radius 2 is 1.94 bits per heavy atom. The van der Waals surface area contributed by atoms with E-state index >= 15 is 0 Å². The molecule has 1 N–H and O–H groups in total. The lowest BCUT2D eigenvalue weighted by Gasteiger charge is -2.54. The molecular weight excluding hydrogens is 220 g/mol. The second-order valence-electron chi connectivity index (χ2n) is 6.56. The Bertz CT molecular complexity index is 245. The van der Waals surface area contributed by atoms with Gasteiger partial charge >= 0.3 is 0 Å². The molecule has 106 valence electrons. The minimum atomic E-state index is 0.498. The summed E-state index contributed by atoms with van der Waals surface area (Å²) in [5, 5.41) is 3.85. The van der Waals surface area contributed by atoms with Gasteiger partial charge < -0.3 is 5.32 Å². The molecule has 0 aromatic carbocycles. The SMILES string of the molecule is CCCC1CN(C(C)CC)C2(CCCCC2)CN1. The summed E-state index contributed by atoms with van der Waals surface area (Å²) >= 11 is 0. The third-order valence-electron chi connectivity index (χ3n) is 5.29. The van der Waals surface area contributed by atoms with Gasteiger partial charge in [-0.1, -0.05) is 39.5 Å². The zero-order valence-electron chi connectivity index (χ0n) is 12.7. The summed E-state index contributed by atoms with van der Waals surface area (Å²) in [6.45, 7) is 9.61. The third kappa shape index (κ3) is 2.91. The molecule has 1 heterocycles. The Morgan fingerprint density at radius 3 is 2.56 bits per heavy atom. The van der Waals surface area contributed by atoms with E-state index in [2.05, 4.69) is 31.0 Å². The molecular formula is C16H32N2. The fraction of sp³-hybridized carbons (Fsp3) is 1.00. The van der Waals surface area contributed by atoms with Crippen LogP contribution >= 0.6 is 0 Å². The molecule has 2 unspecified atom stereocenters. The van der Waals surface area contributed by atoms with Crippen molar-refractivity contribution in [2.24, 2.45) is 0 Å². The first-order chi connectivity index (χ1) is 8.72. The smallest absolute Gasteiger partial charge is 0.0337 e. The Labute approximate surface area is 114 Å². The highest BCUT2D eigenvalue weighted by molar-refractivity contribution is 5.01. The maximum Gasteiger partial charge on any atom is 0.0337 e. The summed E-state index contributed by atoms with van der Waals surface area (Å²) in [7, 11) is 0. The monoisotopic (exact) mass is 252 g/mol. The summed E-state index contributed by atoms with van der Waals surface area (Å²) in [6.07, 6.45) is 11.1. The molecule has 0 aromatic heterocycles. The van der Waals surface area contributed by atoms with E-state index in [1.54, 1.807) is 0 Å². The van der Waals surface area contributed by atoms with Crippen LogP contribution < -0.4 is 5.32 Å². The fourth-order valence-electron chi connectivity index (χ4n) is 4.02. The van der Waals surface area contributed by atoms with Crippen molar-refractivity contribution >= 4 is 0 Å². The number of nitrogens with zero attached hydrogens (tertiary/aromatic N) is 1. The minimum Gasteiger partial charge on any atom is -0.311 e. The maximum atomic E-state index is 3.85. The number of piperazine rings is 1. The van der Waals surface area contributed by atoms with Crippen LogP contribution in [0.25, 0.3) is 0 Å². The van der Waals surface area contributed by atoms with Crippen LogP contribution in [-0.4, -0.2) is 35.6 Å². The van der Waals surface area contributed by atoms with Crippen molar-refractivity contribution in [3.63, 3.8) is 0 Å². The first-order valence-electron chi connectivity index (χ1n) is 8.22. The van der Waals surface area contributed by atoms with Gasteiger partial charge in [0.1, 0.15) is 0 Å². The molecule has 0 bridgehead atoms. The summed E-state index contributed by atoms with van der Waals surface area (Å²) in [4.78, 5) is 2.88. The van der Waals surface area contributed by atoms with Crippen LogP contribution in [0.2, 0.25) is 0 Å². The zero-order chi connectivity index (χ0) is 13.0. The van der Waals surface area contributed by atoms with E-state index in [0.29, 0.717) is 5.54 Å². The quantitative estimate of drug-likeness (QED) is 0.823. The van der Waals surface area contributed by atoms with Gasteiger partial charge in [0, 0.05) is 30.7 Å². The molecule has 1 saturated heterocycles. The molecule has 1 aliphatic carbocycles. The van der Waals surface area contributed by atoms with E-state index in [-0.39, 0.29) is 0 Å². The first-order valence-corrected chi connectivity index (χ1v) is 8.22. The van der Waals surface area contributed by atoms with Crippen LogP contribution in [-0.2, 0) is 0 Å². The van der Waals surface area contributed by atoms with Crippen molar-refractivity contribution in [2.45, 2.75) is 89.8 Å². The molecule has 1 aliphatic heterocycles. The van der Waals surface area contributed by atoms with E-state index < -0.39 is 0 Å². The van der Waals surface area contributed by atoms with Gasteiger partial charge in [-0.2, -0.15) is 0 Å². The topological polar surface area (TPSA) is 15.3 Å². The van der Waals surface area contributed by atoms with Gasteiger partial charge in [0.05, 0.1) is 0 Å². The molecule has 0 radical (unpaired) electrons. The highest BCUT2D eigenvalue weighted by atomic mass is 15.3. The van der Waals surface area contributed by atoms with Crippen molar-refractivity contribution in [3.05, 3.63) is 0 Å². The molecule has 2 rings (SSSR count). The van der Waals surface area contributed by atoms with E-state index in [9.17, 15) is 0 Å². The van der Waals surface area contributed by atoms with E-state index in [0.717, 1.165) is 12.1 Å². The van der Waals surface area contributed by atoms with Gasteiger partial charge in [-0.25, -0.2) is 0 Å². The Morgan fingerprint density at radius 1 is 1.22 bits per heavy atom. The summed E-state index contributed by atoms with van der Waals surface area (Å²) < 4.78 is 0. The van der Waals surface area contributed by atoms with Crippen LogP contribution in [0.3, 0.4) is 0 Å².